The van der Waals surface area contributed by atoms with Crippen LogP contribution < -0.4 is 5.73 Å². The normalized spacial score (nSPS) is 8.91. The van der Waals surface area contributed by atoms with Crippen LogP contribution >= 0.6 is 0 Å². The van der Waals surface area contributed by atoms with Crippen molar-refractivity contribution in [3.8, 4) is 0 Å². The van der Waals surface area contributed by atoms with Gasteiger partial charge in [-0.05, 0) is 0 Å². The van der Waals surface area contributed by atoms with Gasteiger partial charge >= 0.3 is 11.9 Å². The first kappa shape index (κ1) is 9.90. The van der Waals surface area contributed by atoms with E-state index in [0.717, 1.165) is 0 Å². The van der Waals surface area contributed by atoms with E-state index < -0.39 is 11.9 Å². The molecule has 0 saturated heterocycles. The monoisotopic (exact) mass is 161 g/mol. The summed E-state index contributed by atoms with van der Waals surface area (Å²) in [6.45, 7) is -0.116. The van der Waals surface area contributed by atoms with Crippen molar-refractivity contribution in [2.45, 2.75) is 6.42 Å². The number of esters is 2. The van der Waals surface area contributed by atoms with E-state index in [4.69, 9.17) is 5.73 Å². The first-order chi connectivity index (χ1) is 5.20. The fraction of sp³-hybridized carbons (Fsp3) is 0.667. The van der Waals surface area contributed by atoms with Crippen molar-refractivity contribution in [1.29, 1.82) is 0 Å². The number of ether oxygens (including phenoxy) is 2. The van der Waals surface area contributed by atoms with Crippen molar-refractivity contribution in [2.24, 2.45) is 5.73 Å². The Morgan fingerprint density at radius 3 is 2.45 bits per heavy atom. The summed E-state index contributed by atoms with van der Waals surface area (Å²) >= 11 is 0. The molecule has 0 fully saturated rings. The first-order valence-electron chi connectivity index (χ1n) is 3.13. The van der Waals surface area contributed by atoms with Crippen LogP contribution in [0.3, 0.4) is 0 Å². The molecule has 0 atom stereocenters. The molecule has 5 nitrogen and oxygen atoms in total. The van der Waals surface area contributed by atoms with Crippen LogP contribution in [0.1, 0.15) is 6.42 Å². The van der Waals surface area contributed by atoms with E-state index in [-0.39, 0.29) is 19.6 Å². The summed E-state index contributed by atoms with van der Waals surface area (Å²) in [5.41, 5.74) is 5.05. The van der Waals surface area contributed by atoms with Gasteiger partial charge in [-0.1, -0.05) is 0 Å². The van der Waals surface area contributed by atoms with Gasteiger partial charge < -0.3 is 15.2 Å². The number of hydrogen-bond acceptors (Lipinski definition) is 5. The van der Waals surface area contributed by atoms with Gasteiger partial charge in [-0.3, -0.25) is 4.79 Å². The predicted octanol–water partition coefficient (Wildman–Crippen LogP) is -0.949. The largest absolute Gasteiger partial charge is 0.466 e. The molecule has 0 spiro atoms. The maximum Gasteiger partial charge on any atom is 0.344 e. The molecule has 0 amide bonds. The Balaban J connectivity index is 3.38. The lowest BCUT2D eigenvalue weighted by molar-refractivity contribution is -0.156. The number of carbonyl (C=O) groups is 2. The number of rotatable bonds is 4. The van der Waals surface area contributed by atoms with Crippen LogP contribution in [-0.2, 0) is 19.1 Å². The molecule has 0 aromatic carbocycles. The average Bonchev–Trinajstić information content (AvgIpc) is 2.01. The van der Waals surface area contributed by atoms with Crippen molar-refractivity contribution in [3.05, 3.63) is 0 Å². The van der Waals surface area contributed by atoms with Gasteiger partial charge in [0, 0.05) is 6.54 Å². The minimum absolute atomic E-state index is 0.122. The van der Waals surface area contributed by atoms with Gasteiger partial charge in [0.1, 0.15) is 0 Å². The predicted molar refractivity (Wildman–Crippen MR) is 36.6 cm³/mol. The molecular formula is C6H11NO4. The second kappa shape index (κ2) is 5.67. The molecule has 0 radical (unpaired) electrons. The molecule has 0 saturated carbocycles. The summed E-state index contributed by atoms with van der Waals surface area (Å²) in [5.74, 6) is -1.06. The third-order valence-electron chi connectivity index (χ3n) is 0.927. The van der Waals surface area contributed by atoms with E-state index in [9.17, 15) is 9.59 Å². The Morgan fingerprint density at radius 1 is 1.36 bits per heavy atom. The third-order valence-corrected chi connectivity index (χ3v) is 0.927. The molecule has 0 unspecified atom stereocenters. The van der Waals surface area contributed by atoms with Gasteiger partial charge in [-0.15, -0.1) is 0 Å². The highest BCUT2D eigenvalue weighted by molar-refractivity contribution is 5.76. The van der Waals surface area contributed by atoms with E-state index in [2.05, 4.69) is 9.47 Å². The second-order valence-electron chi connectivity index (χ2n) is 1.78. The van der Waals surface area contributed by atoms with Gasteiger partial charge in [-0.2, -0.15) is 0 Å². The summed E-state index contributed by atoms with van der Waals surface area (Å²) in [4.78, 5) is 20.9. The van der Waals surface area contributed by atoms with Gasteiger partial charge in [0.05, 0.1) is 13.5 Å². The molecule has 64 valence electrons. The Kier molecular flexibility index (Phi) is 5.10. The zero-order valence-electron chi connectivity index (χ0n) is 6.33. The van der Waals surface area contributed by atoms with Gasteiger partial charge in [0.2, 0.25) is 0 Å². The highest BCUT2D eigenvalue weighted by atomic mass is 16.6. The van der Waals surface area contributed by atoms with E-state index in [1.807, 2.05) is 0 Å². The minimum atomic E-state index is -0.574. The summed E-state index contributed by atoms with van der Waals surface area (Å²) in [6.07, 6.45) is 0.122. The topological polar surface area (TPSA) is 78.6 Å². The third kappa shape index (κ3) is 5.35. The zero-order valence-corrected chi connectivity index (χ0v) is 6.33. The first-order valence-corrected chi connectivity index (χ1v) is 3.13. The Morgan fingerprint density at radius 2 is 2.00 bits per heavy atom. The van der Waals surface area contributed by atoms with Crippen LogP contribution in [0.5, 0.6) is 0 Å². The minimum Gasteiger partial charge on any atom is -0.466 e. The van der Waals surface area contributed by atoms with E-state index >= 15 is 0 Å². The van der Waals surface area contributed by atoms with Crippen LogP contribution in [0.4, 0.5) is 0 Å². The number of methoxy groups -OCH3 is 1. The zero-order chi connectivity index (χ0) is 8.69. The molecule has 0 aliphatic carbocycles. The molecule has 0 aliphatic heterocycles. The lowest BCUT2D eigenvalue weighted by atomic mass is 10.4. The second-order valence-corrected chi connectivity index (χ2v) is 1.78. The maximum atomic E-state index is 10.6. The van der Waals surface area contributed by atoms with Crippen molar-refractivity contribution in [2.75, 3.05) is 20.3 Å². The number of hydrogen-bond donors (Lipinski definition) is 1. The smallest absolute Gasteiger partial charge is 0.344 e. The lowest BCUT2D eigenvalue weighted by Crippen LogP contribution is -2.17. The van der Waals surface area contributed by atoms with E-state index in [1.54, 1.807) is 0 Å². The molecule has 0 heterocycles. The van der Waals surface area contributed by atoms with Crippen molar-refractivity contribution in [1.82, 2.24) is 0 Å². The standard InChI is InChI=1S/C6H11NO4/c1-10-6(9)4-11-5(8)2-3-7/h2-4,7H2,1H3. The fourth-order valence-electron chi connectivity index (χ4n) is 0.388. The number of carbonyl (C=O) groups excluding carboxylic acids is 2. The highest BCUT2D eigenvalue weighted by Gasteiger charge is 2.04. The molecular weight excluding hydrogens is 150 g/mol. The van der Waals surface area contributed by atoms with Crippen LogP contribution in [0.2, 0.25) is 0 Å². The molecule has 0 bridgehead atoms. The maximum absolute atomic E-state index is 10.6. The quantitative estimate of drug-likeness (QED) is 0.538. The summed E-state index contributed by atoms with van der Waals surface area (Å²) < 4.78 is 8.67. The Labute approximate surface area is 64.5 Å². The summed E-state index contributed by atoms with van der Waals surface area (Å²) in [5, 5.41) is 0. The van der Waals surface area contributed by atoms with Gasteiger partial charge in [0.25, 0.3) is 0 Å². The van der Waals surface area contributed by atoms with Crippen LogP contribution in [0.15, 0.2) is 0 Å². The molecule has 2 N–H and O–H groups in total. The van der Waals surface area contributed by atoms with Crippen molar-refractivity contribution >= 4 is 11.9 Å². The summed E-state index contributed by atoms with van der Waals surface area (Å²) in [6, 6.07) is 0. The Bertz CT molecular complexity index is 146. The fourth-order valence-corrected chi connectivity index (χ4v) is 0.388. The molecule has 0 aromatic heterocycles. The SMILES string of the molecule is COC(=O)COC(=O)CCN. The molecule has 0 rings (SSSR count). The molecule has 11 heavy (non-hydrogen) atoms. The van der Waals surface area contributed by atoms with Crippen LogP contribution in [0.25, 0.3) is 0 Å². The van der Waals surface area contributed by atoms with Crippen LogP contribution in [0, 0.1) is 0 Å². The highest BCUT2D eigenvalue weighted by Crippen LogP contribution is 1.84. The van der Waals surface area contributed by atoms with Gasteiger partial charge in [0.15, 0.2) is 6.61 Å². The number of nitrogens with two attached hydrogens (primary N) is 1. The van der Waals surface area contributed by atoms with E-state index in [1.165, 1.54) is 7.11 Å². The van der Waals surface area contributed by atoms with Crippen molar-refractivity contribution < 1.29 is 19.1 Å². The van der Waals surface area contributed by atoms with Crippen molar-refractivity contribution in [3.63, 3.8) is 0 Å². The lowest BCUT2D eigenvalue weighted by Gasteiger charge is -2.00. The van der Waals surface area contributed by atoms with Crippen LogP contribution in [-0.4, -0.2) is 32.2 Å². The Hall–Kier alpha value is -1.10. The average molecular weight is 161 g/mol. The molecule has 0 aliphatic rings. The van der Waals surface area contributed by atoms with E-state index in [0.29, 0.717) is 0 Å². The molecule has 0 aromatic rings. The van der Waals surface area contributed by atoms with Gasteiger partial charge in [-0.25, -0.2) is 4.79 Å². The summed E-state index contributed by atoms with van der Waals surface area (Å²) in [7, 11) is 1.22. The molecule has 5 heteroatoms.